The van der Waals surface area contributed by atoms with E-state index in [0.29, 0.717) is 5.56 Å². The van der Waals surface area contributed by atoms with Crippen molar-refractivity contribution in [2.24, 2.45) is 0 Å². The van der Waals surface area contributed by atoms with E-state index in [2.05, 4.69) is 20.1 Å². The fourth-order valence-corrected chi connectivity index (χ4v) is 2.70. The molecule has 2 N–H and O–H groups in total. The highest BCUT2D eigenvalue weighted by Crippen LogP contribution is 2.17. The van der Waals surface area contributed by atoms with E-state index in [1.807, 2.05) is 0 Å². The molecule has 11 heteroatoms. The summed E-state index contributed by atoms with van der Waals surface area (Å²) in [6.45, 7) is -1.47. The van der Waals surface area contributed by atoms with E-state index in [0.717, 1.165) is 4.68 Å². The minimum Gasteiger partial charge on any atom is -0.468 e. The number of ether oxygens (including phenoxy) is 1. The second-order valence-electron chi connectivity index (χ2n) is 6.38. The zero-order chi connectivity index (χ0) is 21.7. The number of pyridine rings is 1. The second-order valence-corrected chi connectivity index (χ2v) is 6.38. The van der Waals surface area contributed by atoms with Crippen LogP contribution in [0.5, 0.6) is 5.88 Å². The van der Waals surface area contributed by atoms with Crippen molar-refractivity contribution < 1.29 is 22.7 Å². The third kappa shape index (κ3) is 5.46. The van der Waals surface area contributed by atoms with Crippen molar-refractivity contribution in [3.63, 3.8) is 0 Å². The first-order chi connectivity index (χ1) is 14.2. The van der Waals surface area contributed by atoms with Crippen LogP contribution in [0, 0.1) is 0 Å². The third-order valence-corrected chi connectivity index (χ3v) is 4.12. The number of carbonyl (C=O) groups is 1. The first kappa shape index (κ1) is 21.1. The molecule has 0 aliphatic rings. The van der Waals surface area contributed by atoms with E-state index in [1.54, 1.807) is 12.1 Å². The Balaban J connectivity index is 1.57. The Kier molecular flexibility index (Phi) is 6.19. The van der Waals surface area contributed by atoms with Gasteiger partial charge in [-0.25, -0.2) is 9.67 Å². The van der Waals surface area contributed by atoms with E-state index < -0.39 is 29.8 Å². The molecule has 158 valence electrons. The largest absolute Gasteiger partial charge is 0.468 e. The number of halogens is 3. The lowest BCUT2D eigenvalue weighted by atomic mass is 10.2. The van der Waals surface area contributed by atoms with Crippen LogP contribution in [-0.4, -0.2) is 33.5 Å². The Morgan fingerprint density at radius 1 is 1.17 bits per heavy atom. The number of hydrogen-bond donors (Lipinski definition) is 2. The van der Waals surface area contributed by atoms with Gasteiger partial charge in [0.15, 0.2) is 6.61 Å². The first-order valence-corrected chi connectivity index (χ1v) is 8.86. The highest BCUT2D eigenvalue weighted by Gasteiger charge is 2.28. The van der Waals surface area contributed by atoms with Crippen LogP contribution < -0.4 is 21.2 Å². The Labute approximate surface area is 167 Å². The summed E-state index contributed by atoms with van der Waals surface area (Å²) in [5.74, 6) is -0.621. The fourth-order valence-electron chi connectivity index (χ4n) is 2.70. The summed E-state index contributed by atoms with van der Waals surface area (Å²) < 4.78 is 42.2. The highest BCUT2D eigenvalue weighted by molar-refractivity contribution is 5.80. The molecule has 0 unspecified atom stereocenters. The minimum absolute atomic E-state index is 0.0346. The number of aromatic nitrogens is 3. The Morgan fingerprint density at radius 2 is 1.90 bits per heavy atom. The van der Waals surface area contributed by atoms with E-state index in [-0.39, 0.29) is 36.2 Å². The Hall–Kier alpha value is -3.63. The maximum atomic E-state index is 12.4. The van der Waals surface area contributed by atoms with Gasteiger partial charge in [0, 0.05) is 25.2 Å². The summed E-state index contributed by atoms with van der Waals surface area (Å²) in [4.78, 5) is 40.2. The number of fused-ring (bicyclic) bond motifs is 1. The average Bonchev–Trinajstić information content (AvgIpc) is 2.72. The summed E-state index contributed by atoms with van der Waals surface area (Å²) in [7, 11) is 0. The topological polar surface area (TPSA) is 106 Å². The smallest absolute Gasteiger partial charge is 0.422 e. The molecule has 2 heterocycles. The van der Waals surface area contributed by atoms with Gasteiger partial charge in [0.05, 0.1) is 17.3 Å². The number of H-pyrrole nitrogens is 1. The van der Waals surface area contributed by atoms with Gasteiger partial charge in [-0.2, -0.15) is 13.2 Å². The number of rotatable bonds is 7. The molecule has 30 heavy (non-hydrogen) atoms. The lowest BCUT2D eigenvalue weighted by Crippen LogP contribution is -2.32. The summed E-state index contributed by atoms with van der Waals surface area (Å²) in [5, 5.41) is 5.54. The maximum Gasteiger partial charge on any atom is 0.422 e. The molecule has 8 nitrogen and oxygen atoms in total. The molecule has 0 aliphatic carbocycles. The maximum absolute atomic E-state index is 12.4. The van der Waals surface area contributed by atoms with Gasteiger partial charge >= 0.3 is 6.18 Å². The van der Waals surface area contributed by atoms with Crippen LogP contribution in [0.25, 0.3) is 10.8 Å². The predicted octanol–water partition coefficient (Wildman–Crippen LogP) is 1.73. The van der Waals surface area contributed by atoms with Gasteiger partial charge in [0.25, 0.3) is 11.1 Å². The Bertz CT molecular complexity index is 1170. The normalized spacial score (nSPS) is 11.4. The highest BCUT2D eigenvalue weighted by atomic mass is 19.4. The molecule has 2 aromatic heterocycles. The van der Waals surface area contributed by atoms with Crippen LogP contribution in [-0.2, 0) is 17.9 Å². The number of aromatic amines is 1. The number of nitrogens with zero attached hydrogens (tertiary/aromatic N) is 2. The monoisotopic (exact) mass is 422 g/mol. The van der Waals surface area contributed by atoms with E-state index in [1.165, 1.54) is 30.5 Å². The molecule has 0 radical (unpaired) electrons. The van der Waals surface area contributed by atoms with Crippen LogP contribution in [0.4, 0.5) is 13.2 Å². The van der Waals surface area contributed by atoms with Crippen LogP contribution in [0.1, 0.15) is 12.0 Å². The molecular weight excluding hydrogens is 405 g/mol. The molecule has 0 bridgehead atoms. The van der Waals surface area contributed by atoms with Gasteiger partial charge in [-0.15, -0.1) is 0 Å². The second kappa shape index (κ2) is 8.80. The van der Waals surface area contributed by atoms with Crippen molar-refractivity contribution in [3.8, 4) is 5.88 Å². The average molecular weight is 422 g/mol. The van der Waals surface area contributed by atoms with E-state index >= 15 is 0 Å². The number of amides is 1. The SMILES string of the molecule is O=C(CCn1[nH]c(=O)c2ccccc2c1=O)NCc1ccnc(OCC(F)(F)F)c1. The molecular formula is C19H17F3N4O4. The fraction of sp³-hybridized carbons (Fsp3) is 0.263. The first-order valence-electron chi connectivity index (χ1n) is 8.86. The van der Waals surface area contributed by atoms with Gasteiger partial charge in [-0.3, -0.25) is 19.5 Å². The van der Waals surface area contributed by atoms with E-state index in [4.69, 9.17) is 0 Å². The van der Waals surface area contributed by atoms with E-state index in [9.17, 15) is 27.6 Å². The number of aryl methyl sites for hydroxylation is 1. The molecule has 0 spiro atoms. The molecule has 0 atom stereocenters. The number of benzene rings is 1. The molecule has 0 fully saturated rings. The van der Waals surface area contributed by atoms with Gasteiger partial charge in [-0.05, 0) is 23.8 Å². The van der Waals surface area contributed by atoms with Gasteiger partial charge in [0.2, 0.25) is 11.8 Å². The number of carbonyl (C=O) groups excluding carboxylic acids is 1. The number of nitrogens with one attached hydrogen (secondary N) is 2. The molecule has 0 saturated carbocycles. The number of alkyl halides is 3. The zero-order valence-electron chi connectivity index (χ0n) is 15.5. The van der Waals surface area contributed by atoms with Crippen LogP contribution in [0.3, 0.4) is 0 Å². The van der Waals surface area contributed by atoms with Crippen molar-refractivity contribution >= 4 is 16.7 Å². The molecule has 1 aromatic carbocycles. The van der Waals surface area contributed by atoms with Gasteiger partial charge in [0.1, 0.15) is 0 Å². The quantitative estimate of drug-likeness (QED) is 0.603. The van der Waals surface area contributed by atoms with Crippen molar-refractivity contribution in [2.75, 3.05) is 6.61 Å². The predicted molar refractivity (Wildman–Crippen MR) is 101 cm³/mol. The lowest BCUT2D eigenvalue weighted by molar-refractivity contribution is -0.154. The van der Waals surface area contributed by atoms with Crippen molar-refractivity contribution in [1.29, 1.82) is 0 Å². The number of hydrogen-bond acceptors (Lipinski definition) is 5. The molecule has 3 rings (SSSR count). The summed E-state index contributed by atoms with van der Waals surface area (Å²) in [5.41, 5.74) is -0.362. The summed E-state index contributed by atoms with van der Waals surface area (Å²) >= 11 is 0. The van der Waals surface area contributed by atoms with Crippen LogP contribution in [0.2, 0.25) is 0 Å². The van der Waals surface area contributed by atoms with Gasteiger partial charge in [-0.1, -0.05) is 12.1 Å². The summed E-state index contributed by atoms with van der Waals surface area (Å²) in [6.07, 6.45) is -3.29. The Morgan fingerprint density at radius 3 is 2.63 bits per heavy atom. The van der Waals surface area contributed by atoms with Crippen molar-refractivity contribution in [3.05, 3.63) is 68.9 Å². The van der Waals surface area contributed by atoms with Crippen molar-refractivity contribution in [2.45, 2.75) is 25.7 Å². The standard InChI is InChI=1S/C19H17F3N4O4/c20-19(21,22)11-30-16-9-12(5-7-23-16)10-24-15(27)6-8-26-18(29)14-4-2-1-3-13(14)17(28)25-26/h1-5,7,9H,6,8,10-11H2,(H,24,27)(H,25,28). The molecule has 0 saturated heterocycles. The molecule has 0 aliphatic heterocycles. The van der Waals surface area contributed by atoms with Gasteiger partial charge < -0.3 is 10.1 Å². The third-order valence-electron chi connectivity index (χ3n) is 4.12. The van der Waals surface area contributed by atoms with Crippen LogP contribution in [0.15, 0.2) is 52.2 Å². The van der Waals surface area contributed by atoms with Crippen molar-refractivity contribution in [1.82, 2.24) is 20.1 Å². The minimum atomic E-state index is -4.48. The lowest BCUT2D eigenvalue weighted by Gasteiger charge is -2.10. The molecule has 1 amide bonds. The molecule has 3 aromatic rings. The summed E-state index contributed by atoms with van der Waals surface area (Å²) in [6, 6.07) is 9.16. The zero-order valence-corrected chi connectivity index (χ0v) is 15.5. The van der Waals surface area contributed by atoms with Crippen LogP contribution >= 0.6 is 0 Å².